The molecule has 3 nitrogen and oxygen atoms in total. The number of hydrogen-bond donors (Lipinski definition) is 1. The summed E-state index contributed by atoms with van der Waals surface area (Å²) in [5.74, 6) is 0.484. The molecule has 1 aliphatic rings. The molecule has 4 heteroatoms. The van der Waals surface area contributed by atoms with E-state index in [2.05, 4.69) is 4.72 Å². The van der Waals surface area contributed by atoms with E-state index in [-0.39, 0.29) is 6.04 Å². The van der Waals surface area contributed by atoms with Crippen molar-refractivity contribution in [2.75, 3.05) is 0 Å². The van der Waals surface area contributed by atoms with Crippen molar-refractivity contribution < 1.29 is 8.42 Å². The standard InChI is InChI=1S/C14H21NO2S/c1-12(13-8-4-2-5-9-13)15-18(16,17)14-10-6-3-7-11-14/h3,6-7,10-13,15H,2,4-5,8-9H2,1H3. The SMILES string of the molecule is CC(NS(=O)(=O)c1ccccc1)C1CCCCC1. The summed E-state index contributed by atoms with van der Waals surface area (Å²) in [4.78, 5) is 0.354. The van der Waals surface area contributed by atoms with Crippen molar-refractivity contribution in [2.45, 2.75) is 50.0 Å². The first-order chi connectivity index (χ1) is 8.59. The van der Waals surface area contributed by atoms with Crippen LogP contribution >= 0.6 is 0 Å². The van der Waals surface area contributed by atoms with Crippen LogP contribution in [0.5, 0.6) is 0 Å². The molecule has 1 aromatic rings. The van der Waals surface area contributed by atoms with E-state index in [0.717, 1.165) is 12.8 Å². The quantitative estimate of drug-likeness (QED) is 0.911. The maximum Gasteiger partial charge on any atom is 0.240 e. The molecule has 0 amide bonds. The Kier molecular flexibility index (Phi) is 4.40. The van der Waals surface area contributed by atoms with E-state index in [1.54, 1.807) is 24.3 Å². The van der Waals surface area contributed by atoms with Crippen molar-refractivity contribution >= 4 is 10.0 Å². The number of benzene rings is 1. The average molecular weight is 267 g/mol. The minimum absolute atomic E-state index is 0.0236. The Bertz CT molecular complexity index is 464. The van der Waals surface area contributed by atoms with Crippen LogP contribution in [-0.2, 0) is 10.0 Å². The van der Waals surface area contributed by atoms with Gasteiger partial charge in [-0.05, 0) is 37.8 Å². The van der Waals surface area contributed by atoms with Gasteiger partial charge in [0.1, 0.15) is 0 Å². The summed E-state index contributed by atoms with van der Waals surface area (Å²) >= 11 is 0. The van der Waals surface area contributed by atoms with Crippen LogP contribution in [0.3, 0.4) is 0 Å². The normalized spacial score (nSPS) is 19.6. The third-order valence-corrected chi connectivity index (χ3v) is 5.33. The van der Waals surface area contributed by atoms with E-state index in [4.69, 9.17) is 0 Å². The molecule has 2 rings (SSSR count). The van der Waals surface area contributed by atoms with Crippen molar-refractivity contribution in [3.8, 4) is 0 Å². The molecular formula is C14H21NO2S. The van der Waals surface area contributed by atoms with Crippen LogP contribution in [-0.4, -0.2) is 14.5 Å². The van der Waals surface area contributed by atoms with Gasteiger partial charge in [-0.25, -0.2) is 13.1 Å². The van der Waals surface area contributed by atoms with Crippen molar-refractivity contribution in [3.05, 3.63) is 30.3 Å². The number of nitrogens with one attached hydrogen (secondary N) is 1. The van der Waals surface area contributed by atoms with Gasteiger partial charge in [-0.3, -0.25) is 0 Å². The second kappa shape index (κ2) is 5.85. The Hall–Kier alpha value is -0.870. The first-order valence-corrected chi connectivity index (χ1v) is 8.15. The molecule has 100 valence electrons. The highest BCUT2D eigenvalue weighted by atomic mass is 32.2. The fourth-order valence-corrected chi connectivity index (χ4v) is 3.98. The molecule has 1 unspecified atom stereocenters. The van der Waals surface area contributed by atoms with Gasteiger partial charge in [0.2, 0.25) is 10.0 Å². The summed E-state index contributed by atoms with van der Waals surface area (Å²) in [6.07, 6.45) is 6.01. The maximum absolute atomic E-state index is 12.2. The lowest BCUT2D eigenvalue weighted by molar-refractivity contribution is 0.303. The predicted octanol–water partition coefficient (Wildman–Crippen LogP) is 2.93. The summed E-state index contributed by atoms with van der Waals surface area (Å²) in [7, 11) is -3.36. The Morgan fingerprint density at radius 1 is 1.11 bits per heavy atom. The third-order valence-electron chi connectivity index (χ3n) is 3.75. The smallest absolute Gasteiger partial charge is 0.208 e. The van der Waals surface area contributed by atoms with Crippen molar-refractivity contribution in [3.63, 3.8) is 0 Å². The van der Waals surface area contributed by atoms with E-state index in [1.807, 2.05) is 13.0 Å². The monoisotopic (exact) mass is 267 g/mol. The van der Waals surface area contributed by atoms with Gasteiger partial charge in [-0.1, -0.05) is 37.5 Å². The molecule has 0 radical (unpaired) electrons. The largest absolute Gasteiger partial charge is 0.240 e. The maximum atomic E-state index is 12.2. The van der Waals surface area contributed by atoms with Gasteiger partial charge in [0.15, 0.2) is 0 Å². The molecular weight excluding hydrogens is 246 g/mol. The van der Waals surface area contributed by atoms with E-state index in [1.165, 1.54) is 19.3 Å². The molecule has 1 aromatic carbocycles. The van der Waals surface area contributed by atoms with Gasteiger partial charge in [-0.15, -0.1) is 0 Å². The lowest BCUT2D eigenvalue weighted by Gasteiger charge is -2.28. The number of sulfonamides is 1. The molecule has 1 fully saturated rings. The van der Waals surface area contributed by atoms with Gasteiger partial charge < -0.3 is 0 Å². The van der Waals surface area contributed by atoms with Gasteiger partial charge in [-0.2, -0.15) is 0 Å². The summed E-state index contributed by atoms with van der Waals surface area (Å²) < 4.78 is 27.2. The predicted molar refractivity (Wildman–Crippen MR) is 72.8 cm³/mol. The Morgan fingerprint density at radius 3 is 2.33 bits per heavy atom. The van der Waals surface area contributed by atoms with Gasteiger partial charge in [0, 0.05) is 6.04 Å². The van der Waals surface area contributed by atoms with Crippen LogP contribution in [0.1, 0.15) is 39.0 Å². The summed E-state index contributed by atoms with van der Waals surface area (Å²) in [5, 5.41) is 0. The molecule has 1 N–H and O–H groups in total. The number of rotatable bonds is 4. The first kappa shape index (κ1) is 13.6. The molecule has 0 aliphatic heterocycles. The van der Waals surface area contributed by atoms with Crippen molar-refractivity contribution in [2.24, 2.45) is 5.92 Å². The molecule has 1 saturated carbocycles. The molecule has 0 bridgehead atoms. The Labute approximate surface area is 110 Å². The van der Waals surface area contributed by atoms with Crippen LogP contribution in [0, 0.1) is 5.92 Å². The minimum atomic E-state index is -3.36. The van der Waals surface area contributed by atoms with Crippen LogP contribution in [0.15, 0.2) is 35.2 Å². The zero-order chi connectivity index (χ0) is 13.0. The van der Waals surface area contributed by atoms with Crippen LogP contribution in [0.4, 0.5) is 0 Å². The van der Waals surface area contributed by atoms with Crippen LogP contribution in [0.25, 0.3) is 0 Å². The van der Waals surface area contributed by atoms with Crippen molar-refractivity contribution in [1.82, 2.24) is 4.72 Å². The highest BCUT2D eigenvalue weighted by molar-refractivity contribution is 7.89. The second-order valence-electron chi connectivity index (χ2n) is 5.12. The third kappa shape index (κ3) is 3.33. The fourth-order valence-electron chi connectivity index (χ4n) is 2.64. The van der Waals surface area contributed by atoms with E-state index >= 15 is 0 Å². The van der Waals surface area contributed by atoms with Gasteiger partial charge >= 0.3 is 0 Å². The Balaban J connectivity index is 2.04. The molecule has 0 aromatic heterocycles. The molecule has 0 heterocycles. The second-order valence-corrected chi connectivity index (χ2v) is 6.84. The lowest BCUT2D eigenvalue weighted by Crippen LogP contribution is -2.38. The zero-order valence-electron chi connectivity index (χ0n) is 10.8. The van der Waals surface area contributed by atoms with E-state index < -0.39 is 10.0 Å². The first-order valence-electron chi connectivity index (χ1n) is 6.67. The summed E-state index contributed by atoms with van der Waals surface area (Å²) in [5.41, 5.74) is 0. The van der Waals surface area contributed by atoms with Crippen LogP contribution < -0.4 is 4.72 Å². The molecule has 0 spiro atoms. The van der Waals surface area contributed by atoms with Gasteiger partial charge in [0.05, 0.1) is 4.90 Å². The van der Waals surface area contributed by atoms with E-state index in [0.29, 0.717) is 10.8 Å². The van der Waals surface area contributed by atoms with Crippen LogP contribution in [0.2, 0.25) is 0 Å². The number of hydrogen-bond acceptors (Lipinski definition) is 2. The van der Waals surface area contributed by atoms with E-state index in [9.17, 15) is 8.42 Å². The fraction of sp³-hybridized carbons (Fsp3) is 0.571. The highest BCUT2D eigenvalue weighted by Gasteiger charge is 2.24. The Morgan fingerprint density at radius 2 is 1.72 bits per heavy atom. The summed E-state index contributed by atoms with van der Waals surface area (Å²) in [6, 6.07) is 8.62. The molecule has 18 heavy (non-hydrogen) atoms. The van der Waals surface area contributed by atoms with Gasteiger partial charge in [0.25, 0.3) is 0 Å². The summed E-state index contributed by atoms with van der Waals surface area (Å²) in [6.45, 7) is 1.98. The molecule has 1 aliphatic carbocycles. The minimum Gasteiger partial charge on any atom is -0.208 e. The average Bonchev–Trinajstić information content (AvgIpc) is 2.40. The molecule has 1 atom stereocenters. The zero-order valence-corrected chi connectivity index (χ0v) is 11.6. The topological polar surface area (TPSA) is 46.2 Å². The lowest BCUT2D eigenvalue weighted by atomic mass is 9.85. The molecule has 0 saturated heterocycles. The highest BCUT2D eigenvalue weighted by Crippen LogP contribution is 2.27. The van der Waals surface area contributed by atoms with Crippen molar-refractivity contribution in [1.29, 1.82) is 0 Å².